The molecule has 2 aromatic carbocycles. The van der Waals surface area contributed by atoms with Crippen molar-refractivity contribution < 1.29 is 14.3 Å². The number of piperazine rings is 1. The van der Waals surface area contributed by atoms with E-state index in [0.717, 1.165) is 51.1 Å². The molecule has 0 spiro atoms. The number of thiophene rings is 1. The average molecular weight is 507 g/mol. The molecule has 0 unspecified atom stereocenters. The summed E-state index contributed by atoms with van der Waals surface area (Å²) in [4.78, 5) is 32.8. The normalized spacial score (nSPS) is 16.3. The minimum absolute atomic E-state index is 0.162. The van der Waals surface area contributed by atoms with Crippen LogP contribution in [-0.2, 0) is 11.2 Å². The SMILES string of the molecule is CN(C)C(=O)N1C(=O)CCc2ccc(OCCCCN3CCN(c4cccc5sccc45)CC3)cc21. The molecule has 0 radical (unpaired) electrons. The van der Waals surface area contributed by atoms with Crippen LogP contribution in [0.5, 0.6) is 5.75 Å². The molecule has 3 amide bonds. The highest BCUT2D eigenvalue weighted by Gasteiger charge is 2.31. The van der Waals surface area contributed by atoms with Crippen LogP contribution in [0.25, 0.3) is 10.1 Å². The van der Waals surface area contributed by atoms with Crippen molar-refractivity contribution in [1.29, 1.82) is 0 Å². The number of imide groups is 1. The van der Waals surface area contributed by atoms with Gasteiger partial charge in [0.1, 0.15) is 5.75 Å². The number of hydrogen-bond donors (Lipinski definition) is 0. The molecule has 3 aromatic rings. The Morgan fingerprint density at radius 1 is 1.00 bits per heavy atom. The molecule has 0 N–H and O–H groups in total. The predicted octanol–water partition coefficient (Wildman–Crippen LogP) is 4.84. The molecular weight excluding hydrogens is 472 g/mol. The lowest BCUT2D eigenvalue weighted by Crippen LogP contribution is -2.46. The van der Waals surface area contributed by atoms with Crippen molar-refractivity contribution in [2.45, 2.75) is 25.7 Å². The van der Waals surface area contributed by atoms with Crippen molar-refractivity contribution in [3.63, 3.8) is 0 Å². The van der Waals surface area contributed by atoms with Gasteiger partial charge in [0.25, 0.3) is 0 Å². The maximum atomic E-state index is 12.6. The number of urea groups is 1. The van der Waals surface area contributed by atoms with E-state index in [0.29, 0.717) is 30.9 Å². The predicted molar refractivity (Wildman–Crippen MR) is 147 cm³/mol. The number of hydrogen-bond acceptors (Lipinski definition) is 6. The summed E-state index contributed by atoms with van der Waals surface area (Å²) in [7, 11) is 3.32. The van der Waals surface area contributed by atoms with Crippen LogP contribution < -0.4 is 14.5 Å². The molecule has 2 aliphatic rings. The van der Waals surface area contributed by atoms with E-state index in [4.69, 9.17) is 4.74 Å². The molecule has 0 bridgehead atoms. The van der Waals surface area contributed by atoms with E-state index >= 15 is 0 Å². The fraction of sp³-hybridized carbons (Fsp3) is 0.429. The number of amides is 3. The van der Waals surface area contributed by atoms with Crippen molar-refractivity contribution in [2.24, 2.45) is 0 Å². The van der Waals surface area contributed by atoms with E-state index < -0.39 is 0 Å². The zero-order valence-corrected chi connectivity index (χ0v) is 21.9. The number of carbonyl (C=O) groups is 2. The van der Waals surface area contributed by atoms with Crippen LogP contribution in [0.4, 0.5) is 16.2 Å². The molecule has 5 rings (SSSR count). The molecule has 3 heterocycles. The first-order chi connectivity index (χ1) is 17.5. The minimum atomic E-state index is -0.315. The van der Waals surface area contributed by atoms with Gasteiger partial charge >= 0.3 is 6.03 Å². The second-order valence-electron chi connectivity index (χ2n) is 9.69. The number of ether oxygens (including phenoxy) is 1. The lowest BCUT2D eigenvalue weighted by atomic mass is 10.0. The van der Waals surface area contributed by atoms with Gasteiger partial charge in [-0.25, -0.2) is 9.69 Å². The maximum Gasteiger partial charge on any atom is 0.330 e. The number of rotatable bonds is 7. The Morgan fingerprint density at radius 2 is 1.83 bits per heavy atom. The van der Waals surface area contributed by atoms with E-state index in [2.05, 4.69) is 39.4 Å². The Morgan fingerprint density at radius 3 is 2.64 bits per heavy atom. The number of carbonyl (C=O) groups excluding carboxylic acids is 2. The molecule has 1 fully saturated rings. The van der Waals surface area contributed by atoms with Gasteiger partial charge in [-0.2, -0.15) is 0 Å². The summed E-state index contributed by atoms with van der Waals surface area (Å²) in [6.45, 7) is 5.97. The summed E-state index contributed by atoms with van der Waals surface area (Å²) in [5.74, 6) is 0.543. The smallest absolute Gasteiger partial charge is 0.330 e. The Balaban J connectivity index is 1.07. The van der Waals surface area contributed by atoms with Crippen LogP contribution in [0.15, 0.2) is 47.8 Å². The fourth-order valence-corrected chi connectivity index (χ4v) is 5.85. The standard InChI is InChI=1S/C28H34N4O3S/c1-29(2)28(34)32-25-20-22(10-8-21(25)9-11-27(32)33)35-18-4-3-13-30-14-16-31(17-15-30)24-6-5-7-26-23(24)12-19-36-26/h5-8,10,12,19-20H,3-4,9,11,13-18H2,1-2H3. The van der Waals surface area contributed by atoms with E-state index in [1.165, 1.54) is 25.6 Å². The number of benzene rings is 2. The summed E-state index contributed by atoms with van der Waals surface area (Å²) in [6.07, 6.45) is 3.05. The lowest BCUT2D eigenvalue weighted by Gasteiger charge is -2.36. The summed E-state index contributed by atoms with van der Waals surface area (Å²) >= 11 is 1.81. The summed E-state index contributed by atoms with van der Waals surface area (Å²) < 4.78 is 7.36. The Labute approximate surface area is 216 Å². The van der Waals surface area contributed by atoms with Gasteiger partial charge in [-0.1, -0.05) is 12.1 Å². The average Bonchev–Trinajstić information content (AvgIpc) is 3.37. The van der Waals surface area contributed by atoms with Crippen LogP contribution in [0.3, 0.4) is 0 Å². The Hall–Kier alpha value is -3.10. The van der Waals surface area contributed by atoms with E-state index in [9.17, 15) is 9.59 Å². The van der Waals surface area contributed by atoms with Gasteiger partial charge in [-0.15, -0.1) is 11.3 Å². The number of anilines is 2. The zero-order valence-electron chi connectivity index (χ0n) is 21.1. The fourth-order valence-electron chi connectivity index (χ4n) is 5.04. The highest BCUT2D eigenvalue weighted by atomic mass is 32.1. The third-order valence-corrected chi connectivity index (χ3v) is 7.93. The molecule has 1 aromatic heterocycles. The Kier molecular flexibility index (Phi) is 7.43. The minimum Gasteiger partial charge on any atom is -0.494 e. The molecular formula is C28H34N4O3S. The number of unbranched alkanes of at least 4 members (excludes halogenated alkanes) is 1. The molecule has 8 heteroatoms. The van der Waals surface area contributed by atoms with Crippen LogP contribution >= 0.6 is 11.3 Å². The van der Waals surface area contributed by atoms with Crippen LogP contribution in [0.1, 0.15) is 24.8 Å². The van der Waals surface area contributed by atoms with Gasteiger partial charge in [-0.05, 0) is 61.0 Å². The molecule has 0 saturated carbocycles. The highest BCUT2D eigenvalue weighted by molar-refractivity contribution is 7.17. The van der Waals surface area contributed by atoms with Gasteiger partial charge in [0, 0.05) is 68.5 Å². The maximum absolute atomic E-state index is 12.6. The second kappa shape index (κ2) is 10.9. The van der Waals surface area contributed by atoms with Crippen molar-refractivity contribution in [2.75, 3.05) is 63.2 Å². The van der Waals surface area contributed by atoms with Crippen LogP contribution in [0, 0.1) is 0 Å². The van der Waals surface area contributed by atoms with Gasteiger partial charge in [0.2, 0.25) is 5.91 Å². The summed E-state index contributed by atoms with van der Waals surface area (Å²) in [5, 5.41) is 3.55. The van der Waals surface area contributed by atoms with Gasteiger partial charge < -0.3 is 14.5 Å². The number of aryl methyl sites for hydroxylation is 1. The van der Waals surface area contributed by atoms with Crippen molar-refractivity contribution in [3.05, 3.63) is 53.4 Å². The third kappa shape index (κ3) is 5.20. The third-order valence-electron chi connectivity index (χ3n) is 7.05. The first-order valence-electron chi connectivity index (χ1n) is 12.7. The lowest BCUT2D eigenvalue weighted by molar-refractivity contribution is -0.118. The van der Waals surface area contributed by atoms with E-state index in [1.54, 1.807) is 25.4 Å². The van der Waals surface area contributed by atoms with Crippen molar-refractivity contribution in [3.8, 4) is 5.75 Å². The molecule has 0 aliphatic carbocycles. The van der Waals surface area contributed by atoms with E-state index in [-0.39, 0.29) is 11.9 Å². The Bertz CT molecular complexity index is 1230. The van der Waals surface area contributed by atoms with Crippen molar-refractivity contribution >= 4 is 44.7 Å². The number of fused-ring (bicyclic) bond motifs is 2. The quantitative estimate of drug-likeness (QED) is 0.429. The monoisotopic (exact) mass is 506 g/mol. The van der Waals surface area contributed by atoms with E-state index in [1.807, 2.05) is 18.2 Å². The molecule has 7 nitrogen and oxygen atoms in total. The largest absolute Gasteiger partial charge is 0.494 e. The second-order valence-corrected chi connectivity index (χ2v) is 10.6. The first kappa shape index (κ1) is 24.6. The van der Waals surface area contributed by atoms with Gasteiger partial charge in [-0.3, -0.25) is 9.69 Å². The van der Waals surface area contributed by atoms with Crippen LogP contribution in [-0.4, -0.2) is 75.2 Å². The topological polar surface area (TPSA) is 56.3 Å². The molecule has 2 aliphatic heterocycles. The number of nitrogens with zero attached hydrogens (tertiary/aromatic N) is 4. The van der Waals surface area contributed by atoms with Gasteiger partial charge in [0.05, 0.1) is 12.3 Å². The summed E-state index contributed by atoms with van der Waals surface area (Å²) in [6, 6.07) is 14.3. The van der Waals surface area contributed by atoms with Crippen molar-refractivity contribution in [1.82, 2.24) is 9.80 Å². The van der Waals surface area contributed by atoms with Gasteiger partial charge in [0.15, 0.2) is 0 Å². The molecule has 36 heavy (non-hydrogen) atoms. The van der Waals surface area contributed by atoms with Crippen LogP contribution in [0.2, 0.25) is 0 Å². The first-order valence-corrected chi connectivity index (χ1v) is 13.6. The molecule has 190 valence electrons. The molecule has 1 saturated heterocycles. The zero-order chi connectivity index (χ0) is 25.1. The summed E-state index contributed by atoms with van der Waals surface area (Å²) in [5.41, 5.74) is 3.02. The highest BCUT2D eigenvalue weighted by Crippen LogP contribution is 2.33. The molecule has 0 atom stereocenters.